The molecule has 1 saturated heterocycles. The third kappa shape index (κ3) is 6.35. The van der Waals surface area contributed by atoms with E-state index in [0.29, 0.717) is 24.2 Å². The maximum Gasteiger partial charge on any atom is 0.326 e. The van der Waals surface area contributed by atoms with Crippen LogP contribution in [0.2, 0.25) is 0 Å². The number of nitrogens with zero attached hydrogens (tertiary/aromatic N) is 1. The maximum atomic E-state index is 12.7. The van der Waals surface area contributed by atoms with Crippen molar-refractivity contribution in [1.29, 1.82) is 0 Å². The number of nitrogens with one attached hydrogen (secondary N) is 1. The predicted molar refractivity (Wildman–Crippen MR) is 100 cm³/mol. The Morgan fingerprint density at radius 1 is 1.26 bits per heavy atom. The first-order chi connectivity index (χ1) is 12.7. The molecule has 8 nitrogen and oxygen atoms in total. The summed E-state index contributed by atoms with van der Waals surface area (Å²) in [4.78, 5) is 37.4. The van der Waals surface area contributed by atoms with Gasteiger partial charge in [0.05, 0.1) is 5.75 Å². The van der Waals surface area contributed by atoms with E-state index in [1.54, 1.807) is 18.2 Å². The van der Waals surface area contributed by atoms with Gasteiger partial charge in [0.25, 0.3) is 5.91 Å². The highest BCUT2D eigenvalue weighted by atomic mass is 32.2. The van der Waals surface area contributed by atoms with Crippen LogP contribution in [-0.4, -0.2) is 60.8 Å². The highest BCUT2D eigenvalue weighted by molar-refractivity contribution is 7.90. The molecule has 1 fully saturated rings. The van der Waals surface area contributed by atoms with Crippen molar-refractivity contribution in [2.24, 2.45) is 0 Å². The number of carbonyl (C=O) groups is 3. The van der Waals surface area contributed by atoms with Crippen LogP contribution in [0.15, 0.2) is 24.3 Å². The van der Waals surface area contributed by atoms with Gasteiger partial charge >= 0.3 is 5.97 Å². The van der Waals surface area contributed by atoms with E-state index >= 15 is 0 Å². The summed E-state index contributed by atoms with van der Waals surface area (Å²) in [7, 11) is -3.11. The van der Waals surface area contributed by atoms with Gasteiger partial charge in [-0.05, 0) is 43.9 Å². The van der Waals surface area contributed by atoms with Crippen LogP contribution in [0.1, 0.15) is 42.5 Å². The van der Waals surface area contributed by atoms with Crippen LogP contribution in [0.5, 0.6) is 0 Å². The van der Waals surface area contributed by atoms with Crippen molar-refractivity contribution in [2.75, 3.05) is 23.9 Å². The zero-order chi connectivity index (χ0) is 20.0. The number of carboxylic acids is 1. The molecule has 148 valence electrons. The molecule has 0 aromatic heterocycles. The van der Waals surface area contributed by atoms with Gasteiger partial charge in [0.15, 0.2) is 0 Å². The van der Waals surface area contributed by atoms with E-state index in [2.05, 4.69) is 5.32 Å². The Labute approximate surface area is 158 Å². The molecule has 1 aliphatic rings. The lowest BCUT2D eigenvalue weighted by atomic mass is 10.0. The second kappa shape index (κ2) is 8.98. The van der Waals surface area contributed by atoms with Gasteiger partial charge in [-0.15, -0.1) is 0 Å². The molecule has 0 radical (unpaired) electrons. The summed E-state index contributed by atoms with van der Waals surface area (Å²) in [5, 5.41) is 12.0. The fourth-order valence-electron chi connectivity index (χ4n) is 3.05. The molecule has 2 amide bonds. The lowest BCUT2D eigenvalue weighted by Crippen LogP contribution is -2.48. The van der Waals surface area contributed by atoms with Gasteiger partial charge in [-0.25, -0.2) is 13.2 Å². The number of rotatable bonds is 7. The van der Waals surface area contributed by atoms with Crippen LogP contribution in [0.4, 0.5) is 5.69 Å². The average molecular weight is 396 g/mol. The summed E-state index contributed by atoms with van der Waals surface area (Å²) in [6, 6.07) is 5.48. The number of piperidine rings is 1. The molecule has 0 aliphatic carbocycles. The molecule has 9 heteroatoms. The Balaban J connectivity index is 2.02. The SMILES string of the molecule is CS(=O)(=O)CCCC(=O)Nc1cccc(C(=O)N2CCCCC2C(=O)O)c1. The molecule has 1 heterocycles. The molecule has 0 bridgehead atoms. The minimum Gasteiger partial charge on any atom is -0.480 e. The maximum absolute atomic E-state index is 12.7. The summed E-state index contributed by atoms with van der Waals surface area (Å²) in [6.07, 6.45) is 3.34. The summed E-state index contributed by atoms with van der Waals surface area (Å²) < 4.78 is 22.2. The van der Waals surface area contributed by atoms with Crippen LogP contribution in [0.25, 0.3) is 0 Å². The van der Waals surface area contributed by atoms with Gasteiger partial charge in [0.2, 0.25) is 5.91 Å². The van der Waals surface area contributed by atoms with Gasteiger partial charge in [-0.3, -0.25) is 9.59 Å². The van der Waals surface area contributed by atoms with Crippen molar-refractivity contribution in [1.82, 2.24) is 4.90 Å². The van der Waals surface area contributed by atoms with Gasteiger partial charge in [0.1, 0.15) is 15.9 Å². The minimum atomic E-state index is -3.11. The van der Waals surface area contributed by atoms with E-state index in [-0.39, 0.29) is 30.4 Å². The first kappa shape index (κ1) is 20.9. The Hall–Kier alpha value is -2.42. The highest BCUT2D eigenvalue weighted by Crippen LogP contribution is 2.21. The largest absolute Gasteiger partial charge is 0.480 e. The van der Waals surface area contributed by atoms with E-state index < -0.39 is 21.8 Å². The molecule has 2 rings (SSSR count). The zero-order valence-electron chi connectivity index (χ0n) is 15.2. The van der Waals surface area contributed by atoms with Crippen molar-refractivity contribution in [2.45, 2.75) is 38.1 Å². The average Bonchev–Trinajstić information content (AvgIpc) is 2.60. The molecule has 1 aliphatic heterocycles. The van der Waals surface area contributed by atoms with Gasteiger partial charge < -0.3 is 15.3 Å². The van der Waals surface area contributed by atoms with Crippen molar-refractivity contribution in [3.05, 3.63) is 29.8 Å². The van der Waals surface area contributed by atoms with Crippen molar-refractivity contribution in [3.63, 3.8) is 0 Å². The minimum absolute atomic E-state index is 0.0540. The standard InChI is InChI=1S/C18H24N2O6S/c1-27(25,26)11-5-9-16(21)19-14-7-4-6-13(12-14)17(22)20-10-3-2-8-15(20)18(23)24/h4,6-7,12,15H,2-3,5,8-11H2,1H3,(H,19,21)(H,23,24). The van der Waals surface area contributed by atoms with Crippen LogP contribution in [0, 0.1) is 0 Å². The molecule has 1 unspecified atom stereocenters. The Kier molecular flexibility index (Phi) is 6.95. The number of hydrogen-bond donors (Lipinski definition) is 2. The fraction of sp³-hybridized carbons (Fsp3) is 0.500. The second-order valence-electron chi connectivity index (χ2n) is 6.71. The fourth-order valence-corrected chi connectivity index (χ4v) is 3.71. The van der Waals surface area contributed by atoms with E-state index in [0.717, 1.165) is 19.1 Å². The smallest absolute Gasteiger partial charge is 0.326 e. The third-order valence-electron chi connectivity index (χ3n) is 4.36. The molecular formula is C18H24N2O6S. The number of carbonyl (C=O) groups excluding carboxylic acids is 2. The van der Waals surface area contributed by atoms with Gasteiger partial charge in [-0.1, -0.05) is 6.07 Å². The lowest BCUT2D eigenvalue weighted by Gasteiger charge is -2.33. The molecule has 27 heavy (non-hydrogen) atoms. The normalized spacial score (nSPS) is 17.4. The summed E-state index contributed by atoms with van der Waals surface area (Å²) in [5.41, 5.74) is 0.714. The summed E-state index contributed by atoms with van der Waals surface area (Å²) >= 11 is 0. The molecular weight excluding hydrogens is 372 g/mol. The highest BCUT2D eigenvalue weighted by Gasteiger charge is 2.32. The summed E-state index contributed by atoms with van der Waals surface area (Å²) in [5.74, 6) is -1.80. The molecule has 1 aromatic rings. The number of benzene rings is 1. The number of sulfone groups is 1. The number of likely N-dealkylation sites (tertiary alicyclic amines) is 1. The van der Waals surface area contributed by atoms with Crippen molar-refractivity contribution >= 4 is 33.3 Å². The number of aliphatic carboxylic acids is 1. The molecule has 0 spiro atoms. The molecule has 1 atom stereocenters. The first-order valence-corrected chi connectivity index (χ1v) is 10.8. The number of anilines is 1. The second-order valence-corrected chi connectivity index (χ2v) is 8.97. The Morgan fingerprint density at radius 2 is 2.00 bits per heavy atom. The van der Waals surface area contributed by atoms with Crippen LogP contribution < -0.4 is 5.32 Å². The first-order valence-electron chi connectivity index (χ1n) is 8.79. The molecule has 1 aromatic carbocycles. The molecule has 2 N–H and O–H groups in total. The predicted octanol–water partition coefficient (Wildman–Crippen LogP) is 1.53. The van der Waals surface area contributed by atoms with E-state index in [9.17, 15) is 27.9 Å². The zero-order valence-corrected chi connectivity index (χ0v) is 16.0. The number of amides is 2. The van der Waals surface area contributed by atoms with E-state index in [4.69, 9.17) is 0 Å². The monoisotopic (exact) mass is 396 g/mol. The van der Waals surface area contributed by atoms with Crippen LogP contribution in [0.3, 0.4) is 0 Å². The third-order valence-corrected chi connectivity index (χ3v) is 5.39. The Bertz CT molecular complexity index is 821. The van der Waals surface area contributed by atoms with Crippen LogP contribution in [-0.2, 0) is 19.4 Å². The molecule has 0 saturated carbocycles. The van der Waals surface area contributed by atoms with E-state index in [1.807, 2.05) is 0 Å². The van der Waals surface area contributed by atoms with Crippen molar-refractivity contribution in [3.8, 4) is 0 Å². The van der Waals surface area contributed by atoms with E-state index in [1.165, 1.54) is 11.0 Å². The Morgan fingerprint density at radius 3 is 2.67 bits per heavy atom. The van der Waals surface area contributed by atoms with Gasteiger partial charge in [0, 0.05) is 30.5 Å². The van der Waals surface area contributed by atoms with Crippen LogP contribution >= 0.6 is 0 Å². The quantitative estimate of drug-likeness (QED) is 0.721. The summed E-state index contributed by atoms with van der Waals surface area (Å²) in [6.45, 7) is 0.387. The van der Waals surface area contributed by atoms with Gasteiger partial charge in [-0.2, -0.15) is 0 Å². The van der Waals surface area contributed by atoms with Crippen molar-refractivity contribution < 1.29 is 27.9 Å². The topological polar surface area (TPSA) is 121 Å². The number of hydrogen-bond acceptors (Lipinski definition) is 5. The lowest BCUT2D eigenvalue weighted by molar-refractivity contribution is -0.143. The number of carboxylic acid groups (broad SMARTS) is 1.